The molecule has 0 fully saturated rings. The number of halogens is 1. The topological polar surface area (TPSA) is 41.5 Å². The van der Waals surface area contributed by atoms with Crippen molar-refractivity contribution >= 4 is 46.8 Å². The molecule has 1 heterocycles. The number of carbonyl (C=O) groups is 1. The van der Waals surface area contributed by atoms with Crippen LogP contribution >= 0.6 is 34.7 Å². The van der Waals surface area contributed by atoms with E-state index in [0.717, 1.165) is 5.56 Å². The SMILES string of the molecule is CSc1sc(C)cc1/C=N\NC(=O)c1cccc(Cl)c1. The number of nitrogens with one attached hydrogen (secondary N) is 1. The molecule has 6 heteroatoms. The quantitative estimate of drug-likeness (QED) is 0.520. The van der Waals surface area contributed by atoms with Crippen LogP contribution in [-0.2, 0) is 0 Å². The molecule has 1 N–H and O–H groups in total. The summed E-state index contributed by atoms with van der Waals surface area (Å²) in [6, 6.07) is 8.80. The van der Waals surface area contributed by atoms with Gasteiger partial charge >= 0.3 is 0 Å². The van der Waals surface area contributed by atoms with Gasteiger partial charge in [-0.2, -0.15) is 5.10 Å². The maximum absolute atomic E-state index is 11.9. The summed E-state index contributed by atoms with van der Waals surface area (Å²) in [5, 5.41) is 4.52. The van der Waals surface area contributed by atoms with Crippen LogP contribution in [0.5, 0.6) is 0 Å². The number of benzene rings is 1. The van der Waals surface area contributed by atoms with Crippen LogP contribution in [0.25, 0.3) is 0 Å². The fraction of sp³-hybridized carbons (Fsp3) is 0.143. The van der Waals surface area contributed by atoms with Crippen LogP contribution in [0, 0.1) is 6.92 Å². The summed E-state index contributed by atoms with van der Waals surface area (Å²) < 4.78 is 1.18. The number of hydrazone groups is 1. The normalized spacial score (nSPS) is 10.9. The van der Waals surface area contributed by atoms with Gasteiger partial charge in [0, 0.05) is 21.0 Å². The van der Waals surface area contributed by atoms with Crippen molar-refractivity contribution in [2.75, 3.05) is 6.26 Å². The lowest BCUT2D eigenvalue weighted by Crippen LogP contribution is -2.17. The third-order valence-corrected chi connectivity index (χ3v) is 4.94. The van der Waals surface area contributed by atoms with E-state index in [9.17, 15) is 4.79 Å². The minimum atomic E-state index is -0.276. The van der Waals surface area contributed by atoms with Gasteiger partial charge in [0.1, 0.15) is 0 Å². The molecule has 20 heavy (non-hydrogen) atoms. The van der Waals surface area contributed by atoms with Crippen LogP contribution in [0.1, 0.15) is 20.8 Å². The number of aryl methyl sites for hydroxylation is 1. The van der Waals surface area contributed by atoms with Crippen molar-refractivity contribution in [3.8, 4) is 0 Å². The zero-order valence-electron chi connectivity index (χ0n) is 11.0. The second-order valence-corrected chi connectivity index (χ2v) is 6.78. The van der Waals surface area contributed by atoms with Gasteiger partial charge in [-0.25, -0.2) is 5.43 Å². The fourth-order valence-corrected chi connectivity index (χ4v) is 3.59. The number of thiophene rings is 1. The lowest BCUT2D eigenvalue weighted by atomic mass is 10.2. The molecule has 0 saturated heterocycles. The van der Waals surface area contributed by atoms with Crippen molar-refractivity contribution in [2.24, 2.45) is 5.10 Å². The summed E-state index contributed by atoms with van der Waals surface area (Å²) in [6.07, 6.45) is 3.69. The molecule has 0 aliphatic carbocycles. The van der Waals surface area contributed by atoms with Gasteiger partial charge in [-0.15, -0.1) is 23.1 Å². The van der Waals surface area contributed by atoms with Gasteiger partial charge < -0.3 is 0 Å². The average molecular weight is 325 g/mol. The number of rotatable bonds is 4. The Balaban J connectivity index is 2.04. The standard InChI is InChI=1S/C14H13ClN2OS2/c1-9-6-11(14(19-2)20-9)8-16-17-13(18)10-4-3-5-12(15)7-10/h3-8H,1-2H3,(H,17,18)/b16-8-. The highest BCUT2D eigenvalue weighted by Gasteiger charge is 2.06. The van der Waals surface area contributed by atoms with Crippen LogP contribution in [0.3, 0.4) is 0 Å². The van der Waals surface area contributed by atoms with Crippen LogP contribution in [0.2, 0.25) is 5.02 Å². The monoisotopic (exact) mass is 324 g/mol. The Morgan fingerprint density at radius 2 is 2.25 bits per heavy atom. The van der Waals surface area contributed by atoms with Crippen molar-refractivity contribution in [3.63, 3.8) is 0 Å². The molecule has 0 unspecified atom stereocenters. The fourth-order valence-electron chi connectivity index (χ4n) is 1.62. The molecule has 0 atom stereocenters. The highest BCUT2D eigenvalue weighted by Crippen LogP contribution is 2.28. The first-order valence-corrected chi connectivity index (χ1v) is 8.25. The van der Waals surface area contributed by atoms with Crippen LogP contribution < -0.4 is 5.43 Å². The van der Waals surface area contributed by atoms with E-state index in [1.165, 1.54) is 9.09 Å². The van der Waals surface area contributed by atoms with E-state index in [1.54, 1.807) is 53.6 Å². The molecule has 0 aliphatic rings. The van der Waals surface area contributed by atoms with Crippen molar-refractivity contribution in [2.45, 2.75) is 11.1 Å². The molecule has 0 bridgehead atoms. The number of amides is 1. The molecule has 104 valence electrons. The van der Waals surface area contributed by atoms with E-state index in [1.807, 2.05) is 19.2 Å². The van der Waals surface area contributed by atoms with Gasteiger partial charge in [0.25, 0.3) is 5.91 Å². The van der Waals surface area contributed by atoms with Crippen molar-refractivity contribution in [1.29, 1.82) is 0 Å². The minimum absolute atomic E-state index is 0.276. The molecule has 3 nitrogen and oxygen atoms in total. The Kier molecular flexibility index (Phi) is 5.23. The lowest BCUT2D eigenvalue weighted by Gasteiger charge is -2.00. The Hall–Kier alpha value is -1.30. The molecule has 2 rings (SSSR count). The van der Waals surface area contributed by atoms with Gasteiger partial charge in [-0.1, -0.05) is 17.7 Å². The summed E-state index contributed by atoms with van der Waals surface area (Å²) in [5.41, 5.74) is 4.01. The van der Waals surface area contributed by atoms with Crippen LogP contribution in [0.4, 0.5) is 0 Å². The van der Waals surface area contributed by atoms with E-state index in [2.05, 4.69) is 10.5 Å². The third-order valence-electron chi connectivity index (χ3n) is 2.49. The second kappa shape index (κ2) is 6.92. The first-order valence-electron chi connectivity index (χ1n) is 5.83. The highest BCUT2D eigenvalue weighted by molar-refractivity contribution is 8.00. The zero-order valence-corrected chi connectivity index (χ0v) is 13.4. The largest absolute Gasteiger partial charge is 0.271 e. The maximum Gasteiger partial charge on any atom is 0.271 e. The molecule has 0 spiro atoms. The maximum atomic E-state index is 11.9. The Labute approximate surface area is 131 Å². The summed E-state index contributed by atoms with van der Waals surface area (Å²) in [7, 11) is 0. The number of hydrogen-bond acceptors (Lipinski definition) is 4. The molecule has 1 aromatic heterocycles. The highest BCUT2D eigenvalue weighted by atomic mass is 35.5. The van der Waals surface area contributed by atoms with Gasteiger partial charge in [-0.05, 0) is 37.4 Å². The molecule has 1 amide bonds. The van der Waals surface area contributed by atoms with E-state index in [4.69, 9.17) is 11.6 Å². The first-order chi connectivity index (χ1) is 9.60. The third kappa shape index (κ3) is 3.85. The van der Waals surface area contributed by atoms with Crippen molar-refractivity contribution in [3.05, 3.63) is 51.4 Å². The summed E-state index contributed by atoms with van der Waals surface area (Å²) in [6.45, 7) is 2.05. The van der Waals surface area contributed by atoms with E-state index in [0.29, 0.717) is 10.6 Å². The predicted octanol–water partition coefficient (Wildman–Crippen LogP) is 4.20. The van der Waals surface area contributed by atoms with Gasteiger partial charge in [0.05, 0.1) is 10.4 Å². The zero-order chi connectivity index (χ0) is 14.5. The van der Waals surface area contributed by atoms with E-state index >= 15 is 0 Å². The Morgan fingerprint density at radius 1 is 1.45 bits per heavy atom. The average Bonchev–Trinajstić information content (AvgIpc) is 2.79. The molecular weight excluding hydrogens is 312 g/mol. The number of thioether (sulfide) groups is 1. The molecule has 0 aliphatic heterocycles. The Bertz CT molecular complexity index is 652. The smallest absolute Gasteiger partial charge is 0.267 e. The lowest BCUT2D eigenvalue weighted by molar-refractivity contribution is 0.0955. The van der Waals surface area contributed by atoms with Crippen LogP contribution in [-0.4, -0.2) is 18.4 Å². The number of hydrogen-bond donors (Lipinski definition) is 1. The number of nitrogens with zero attached hydrogens (tertiary/aromatic N) is 1. The van der Waals surface area contributed by atoms with Gasteiger partial charge in [-0.3, -0.25) is 4.79 Å². The van der Waals surface area contributed by atoms with Gasteiger partial charge in [0.15, 0.2) is 0 Å². The number of carbonyl (C=O) groups excluding carboxylic acids is 1. The minimum Gasteiger partial charge on any atom is -0.267 e. The van der Waals surface area contributed by atoms with Gasteiger partial charge in [0.2, 0.25) is 0 Å². The molecular formula is C14H13ClN2OS2. The summed E-state index contributed by atoms with van der Waals surface area (Å²) in [5.74, 6) is -0.276. The summed E-state index contributed by atoms with van der Waals surface area (Å²) in [4.78, 5) is 13.1. The van der Waals surface area contributed by atoms with Crippen molar-refractivity contribution in [1.82, 2.24) is 5.43 Å². The van der Waals surface area contributed by atoms with E-state index < -0.39 is 0 Å². The molecule has 0 radical (unpaired) electrons. The Morgan fingerprint density at radius 3 is 2.95 bits per heavy atom. The van der Waals surface area contributed by atoms with Crippen molar-refractivity contribution < 1.29 is 4.79 Å². The predicted molar refractivity (Wildman–Crippen MR) is 87.3 cm³/mol. The van der Waals surface area contributed by atoms with E-state index in [-0.39, 0.29) is 5.91 Å². The first kappa shape index (κ1) is 15.1. The molecule has 0 saturated carbocycles. The van der Waals surface area contributed by atoms with Crippen LogP contribution in [0.15, 0.2) is 39.6 Å². The molecule has 1 aromatic carbocycles. The molecule has 2 aromatic rings. The second-order valence-electron chi connectivity index (χ2n) is 4.01. The summed E-state index contributed by atoms with van der Waals surface area (Å²) >= 11 is 9.23.